The molecule has 2 aromatic rings. The third-order valence-corrected chi connectivity index (χ3v) is 6.19. The van der Waals surface area contributed by atoms with Crippen molar-refractivity contribution in [3.05, 3.63) is 50.6 Å². The fourth-order valence-corrected chi connectivity index (χ4v) is 4.39. The van der Waals surface area contributed by atoms with Crippen LogP contribution in [0.2, 0.25) is 0 Å². The Bertz CT molecular complexity index is 713. The van der Waals surface area contributed by atoms with Gasteiger partial charge in [-0.25, -0.2) is 13.1 Å². The first kappa shape index (κ1) is 16.6. The van der Waals surface area contributed by atoms with E-state index < -0.39 is 10.0 Å². The number of hydrogen-bond donors (Lipinski definition) is 2. The van der Waals surface area contributed by atoms with Gasteiger partial charge in [-0.15, -0.1) is 11.3 Å². The smallest absolute Gasteiger partial charge is 0.240 e. The molecule has 1 unspecified atom stereocenters. The lowest BCUT2D eigenvalue weighted by molar-refractivity contribution is 0.581. The minimum absolute atomic E-state index is 0.145. The summed E-state index contributed by atoms with van der Waals surface area (Å²) in [5.74, 6) is 0. The number of nitrogens with one attached hydrogen (secondary N) is 1. The fraction of sp³-hybridized carbons (Fsp3) is 0.286. The molecule has 0 saturated heterocycles. The van der Waals surface area contributed by atoms with E-state index >= 15 is 0 Å². The van der Waals surface area contributed by atoms with Gasteiger partial charge in [-0.3, -0.25) is 0 Å². The summed E-state index contributed by atoms with van der Waals surface area (Å²) in [5.41, 5.74) is 6.79. The van der Waals surface area contributed by atoms with Crippen LogP contribution >= 0.6 is 27.3 Å². The van der Waals surface area contributed by atoms with Crippen molar-refractivity contribution in [1.29, 1.82) is 0 Å². The number of benzene rings is 1. The highest BCUT2D eigenvalue weighted by Crippen LogP contribution is 2.21. The summed E-state index contributed by atoms with van der Waals surface area (Å²) in [5, 5.41) is 1.92. The van der Waals surface area contributed by atoms with Gasteiger partial charge in [0, 0.05) is 27.3 Å². The lowest BCUT2D eigenvalue weighted by atomic mass is 10.1. The van der Waals surface area contributed by atoms with Gasteiger partial charge in [0.2, 0.25) is 10.0 Å². The molecular formula is C14H17BrN2O2S2. The van der Waals surface area contributed by atoms with Crippen LogP contribution < -0.4 is 10.5 Å². The van der Waals surface area contributed by atoms with Crippen LogP contribution in [0.1, 0.15) is 29.8 Å². The maximum atomic E-state index is 12.3. The van der Waals surface area contributed by atoms with Crippen molar-refractivity contribution in [1.82, 2.24) is 4.72 Å². The average Bonchev–Trinajstić information content (AvgIpc) is 2.90. The molecule has 0 aliphatic rings. The Morgan fingerprint density at radius 3 is 2.76 bits per heavy atom. The third-order valence-electron chi connectivity index (χ3n) is 3.09. The highest BCUT2D eigenvalue weighted by atomic mass is 79.9. The molecule has 0 aliphatic heterocycles. The first-order valence-electron chi connectivity index (χ1n) is 6.50. The van der Waals surface area contributed by atoms with Crippen LogP contribution in [0.4, 0.5) is 0 Å². The number of rotatable bonds is 6. The number of sulfonamides is 1. The van der Waals surface area contributed by atoms with Crippen LogP contribution in [-0.2, 0) is 16.6 Å². The monoisotopic (exact) mass is 388 g/mol. The molecule has 0 amide bonds. The van der Waals surface area contributed by atoms with E-state index in [4.69, 9.17) is 5.73 Å². The molecular weight excluding hydrogens is 372 g/mol. The summed E-state index contributed by atoms with van der Waals surface area (Å²) >= 11 is 4.85. The van der Waals surface area contributed by atoms with E-state index in [1.54, 1.807) is 18.2 Å². The van der Waals surface area contributed by atoms with E-state index in [0.29, 0.717) is 0 Å². The number of halogens is 1. The van der Waals surface area contributed by atoms with Crippen molar-refractivity contribution in [3.63, 3.8) is 0 Å². The summed E-state index contributed by atoms with van der Waals surface area (Å²) in [6, 6.07) is 8.55. The molecule has 0 saturated carbocycles. The van der Waals surface area contributed by atoms with Gasteiger partial charge in [-0.1, -0.05) is 19.1 Å². The SMILES string of the molecule is CCC(N)c1cccc(S(=O)(=O)NCc2cc(Br)cs2)c1. The normalized spacial score (nSPS) is 13.3. The van der Waals surface area contributed by atoms with Gasteiger partial charge in [-0.2, -0.15) is 0 Å². The Balaban J connectivity index is 2.15. The van der Waals surface area contributed by atoms with Crippen molar-refractivity contribution in [2.45, 2.75) is 30.8 Å². The minimum Gasteiger partial charge on any atom is -0.324 e. The Morgan fingerprint density at radius 2 is 2.14 bits per heavy atom. The summed E-state index contributed by atoms with van der Waals surface area (Å²) in [6.45, 7) is 2.25. The number of nitrogens with two attached hydrogens (primary N) is 1. The van der Waals surface area contributed by atoms with E-state index in [1.807, 2.05) is 24.4 Å². The predicted octanol–water partition coefficient (Wildman–Crippen LogP) is 3.40. The Kier molecular flexibility index (Phi) is 5.56. The molecule has 21 heavy (non-hydrogen) atoms. The second-order valence-corrected chi connectivity index (χ2v) is 8.32. The van der Waals surface area contributed by atoms with E-state index in [0.717, 1.165) is 21.3 Å². The highest BCUT2D eigenvalue weighted by Gasteiger charge is 2.15. The third kappa shape index (κ3) is 4.37. The van der Waals surface area contributed by atoms with Crippen LogP contribution in [0.5, 0.6) is 0 Å². The molecule has 0 spiro atoms. The van der Waals surface area contributed by atoms with Crippen LogP contribution in [-0.4, -0.2) is 8.42 Å². The molecule has 114 valence electrons. The lowest BCUT2D eigenvalue weighted by Gasteiger charge is -2.11. The average molecular weight is 389 g/mol. The summed E-state index contributed by atoms with van der Waals surface area (Å²) in [6.07, 6.45) is 0.764. The zero-order chi connectivity index (χ0) is 15.5. The molecule has 1 atom stereocenters. The lowest BCUT2D eigenvalue weighted by Crippen LogP contribution is -2.23. The van der Waals surface area contributed by atoms with Gasteiger partial charge in [0.05, 0.1) is 4.90 Å². The van der Waals surface area contributed by atoms with E-state index in [2.05, 4.69) is 20.7 Å². The standard InChI is InChI=1S/C14H17BrN2O2S2/c1-2-14(16)10-4-3-5-13(6-10)21(18,19)17-8-12-7-11(15)9-20-12/h3-7,9,14,17H,2,8,16H2,1H3. The fourth-order valence-electron chi connectivity index (χ4n) is 1.84. The molecule has 1 aromatic carbocycles. The molecule has 0 bridgehead atoms. The van der Waals surface area contributed by atoms with Crippen LogP contribution in [0.25, 0.3) is 0 Å². The predicted molar refractivity (Wildman–Crippen MR) is 89.7 cm³/mol. The first-order valence-corrected chi connectivity index (χ1v) is 9.66. The zero-order valence-corrected chi connectivity index (χ0v) is 14.8. The van der Waals surface area contributed by atoms with Gasteiger partial charge in [-0.05, 0) is 46.1 Å². The first-order chi connectivity index (χ1) is 9.92. The van der Waals surface area contributed by atoms with E-state index in [9.17, 15) is 8.42 Å². The van der Waals surface area contributed by atoms with E-state index in [-0.39, 0.29) is 17.5 Å². The largest absolute Gasteiger partial charge is 0.324 e. The summed E-state index contributed by atoms with van der Waals surface area (Å²) in [7, 11) is -3.53. The molecule has 7 heteroatoms. The van der Waals surface area contributed by atoms with Crippen molar-refractivity contribution in [2.24, 2.45) is 5.73 Å². The molecule has 0 radical (unpaired) electrons. The minimum atomic E-state index is -3.53. The number of hydrogen-bond acceptors (Lipinski definition) is 4. The topological polar surface area (TPSA) is 72.2 Å². The molecule has 3 N–H and O–H groups in total. The number of thiophene rings is 1. The second-order valence-electron chi connectivity index (χ2n) is 4.64. The van der Waals surface area contributed by atoms with Crippen molar-refractivity contribution in [2.75, 3.05) is 0 Å². The second kappa shape index (κ2) is 7.02. The van der Waals surface area contributed by atoms with Gasteiger partial charge in [0.25, 0.3) is 0 Å². The van der Waals surface area contributed by atoms with Gasteiger partial charge >= 0.3 is 0 Å². The van der Waals surface area contributed by atoms with Gasteiger partial charge in [0.1, 0.15) is 0 Å². The zero-order valence-electron chi connectivity index (χ0n) is 11.5. The Morgan fingerprint density at radius 1 is 1.38 bits per heavy atom. The quantitative estimate of drug-likeness (QED) is 0.796. The molecule has 2 rings (SSSR count). The molecule has 1 aromatic heterocycles. The van der Waals surface area contributed by atoms with Gasteiger partial charge in [0.15, 0.2) is 0 Å². The Labute approximate surface area is 137 Å². The van der Waals surface area contributed by atoms with Crippen molar-refractivity contribution < 1.29 is 8.42 Å². The maximum Gasteiger partial charge on any atom is 0.240 e. The molecule has 1 heterocycles. The molecule has 4 nitrogen and oxygen atoms in total. The summed E-state index contributed by atoms with van der Waals surface area (Å²) < 4.78 is 28.2. The van der Waals surface area contributed by atoms with Crippen molar-refractivity contribution in [3.8, 4) is 0 Å². The van der Waals surface area contributed by atoms with Crippen LogP contribution in [0.15, 0.2) is 45.1 Å². The molecule has 0 fully saturated rings. The van der Waals surface area contributed by atoms with Crippen molar-refractivity contribution >= 4 is 37.3 Å². The van der Waals surface area contributed by atoms with E-state index in [1.165, 1.54) is 11.3 Å². The molecule has 0 aliphatic carbocycles. The van der Waals surface area contributed by atoms with Gasteiger partial charge < -0.3 is 5.73 Å². The highest BCUT2D eigenvalue weighted by molar-refractivity contribution is 9.10. The summed E-state index contributed by atoms with van der Waals surface area (Å²) in [4.78, 5) is 1.20. The maximum absolute atomic E-state index is 12.3. The van der Waals surface area contributed by atoms with Crippen LogP contribution in [0.3, 0.4) is 0 Å². The Hall–Kier alpha value is -0.730. The van der Waals surface area contributed by atoms with Crippen LogP contribution in [0, 0.1) is 0 Å².